The Morgan fingerprint density at radius 1 is 1.41 bits per heavy atom. The average Bonchev–Trinajstić information content (AvgIpc) is 2.27. The minimum Gasteiger partial charge on any atom is -0.496 e. The third-order valence-corrected chi connectivity index (χ3v) is 3.26. The highest BCUT2D eigenvalue weighted by Gasteiger charge is 2.21. The zero-order valence-electron chi connectivity index (χ0n) is 10.0. The molecule has 0 saturated heterocycles. The first-order chi connectivity index (χ1) is 7.88. The second-order valence-corrected chi connectivity index (χ2v) is 4.94. The van der Waals surface area contributed by atoms with Crippen LogP contribution in [-0.4, -0.2) is 18.2 Å². The number of rotatable bonds is 4. The van der Waals surface area contributed by atoms with Gasteiger partial charge in [0.05, 0.1) is 7.11 Å². The fourth-order valence-corrected chi connectivity index (χ4v) is 2.40. The summed E-state index contributed by atoms with van der Waals surface area (Å²) >= 11 is 3.42. The number of hydrogen-bond acceptors (Lipinski definition) is 3. The highest BCUT2D eigenvalue weighted by molar-refractivity contribution is 9.10. The lowest BCUT2D eigenvalue weighted by atomic mass is 9.98. The van der Waals surface area contributed by atoms with Gasteiger partial charge in [-0.15, -0.1) is 0 Å². The molecule has 0 saturated carbocycles. The predicted molar refractivity (Wildman–Crippen MR) is 69.3 cm³/mol. The molecule has 5 heteroatoms. The Labute approximate surface area is 109 Å². The zero-order chi connectivity index (χ0) is 13.2. The molecule has 0 aliphatic carbocycles. The highest BCUT2D eigenvalue weighted by atomic mass is 79.9. The lowest BCUT2D eigenvalue weighted by Crippen LogP contribution is -2.21. The monoisotopic (exact) mass is 301 g/mol. The summed E-state index contributed by atoms with van der Waals surface area (Å²) in [6.45, 7) is 4.10. The number of aliphatic carboxylic acids is 1. The van der Waals surface area contributed by atoms with Crippen molar-refractivity contribution >= 4 is 21.9 Å². The predicted octanol–water partition coefficient (Wildman–Crippen LogP) is 2.67. The summed E-state index contributed by atoms with van der Waals surface area (Å²) in [5, 5.41) is 8.93. The van der Waals surface area contributed by atoms with Gasteiger partial charge >= 0.3 is 5.97 Å². The van der Waals surface area contributed by atoms with E-state index in [1.807, 2.05) is 6.07 Å². The molecule has 0 fully saturated rings. The van der Waals surface area contributed by atoms with Crippen molar-refractivity contribution in [3.63, 3.8) is 0 Å². The first-order valence-corrected chi connectivity index (χ1v) is 6.03. The molecule has 0 aliphatic rings. The molecule has 1 rings (SSSR count). The van der Waals surface area contributed by atoms with Gasteiger partial charge in [-0.2, -0.15) is 0 Å². The van der Waals surface area contributed by atoms with Crippen molar-refractivity contribution in [3.05, 3.63) is 27.7 Å². The first kappa shape index (κ1) is 14.0. The Morgan fingerprint density at radius 3 is 2.41 bits per heavy atom. The van der Waals surface area contributed by atoms with E-state index < -0.39 is 12.0 Å². The third kappa shape index (κ3) is 2.98. The lowest BCUT2D eigenvalue weighted by molar-refractivity contribution is -0.138. The Balaban J connectivity index is 3.33. The van der Waals surface area contributed by atoms with Crippen molar-refractivity contribution in [3.8, 4) is 5.75 Å². The Morgan fingerprint density at radius 2 is 2.00 bits per heavy atom. The molecule has 3 N–H and O–H groups in total. The van der Waals surface area contributed by atoms with E-state index in [-0.39, 0.29) is 0 Å². The topological polar surface area (TPSA) is 72.5 Å². The number of methoxy groups -OCH3 is 1. The average molecular weight is 302 g/mol. The van der Waals surface area contributed by atoms with Crippen molar-refractivity contribution in [2.24, 2.45) is 5.73 Å². The lowest BCUT2D eigenvalue weighted by Gasteiger charge is -2.17. The van der Waals surface area contributed by atoms with Crippen LogP contribution in [0.3, 0.4) is 0 Å². The van der Waals surface area contributed by atoms with Crippen LogP contribution >= 0.6 is 15.9 Å². The van der Waals surface area contributed by atoms with E-state index in [4.69, 9.17) is 15.6 Å². The molecule has 17 heavy (non-hydrogen) atoms. The van der Waals surface area contributed by atoms with E-state index in [2.05, 4.69) is 29.8 Å². The van der Waals surface area contributed by atoms with Gasteiger partial charge < -0.3 is 15.6 Å². The molecule has 0 aliphatic heterocycles. The number of carbonyl (C=O) groups is 1. The molecule has 0 spiro atoms. The van der Waals surface area contributed by atoms with E-state index in [1.165, 1.54) is 7.11 Å². The van der Waals surface area contributed by atoms with Gasteiger partial charge in [-0.3, -0.25) is 4.79 Å². The molecule has 0 bridgehead atoms. The number of benzene rings is 1. The summed E-state index contributed by atoms with van der Waals surface area (Å²) in [7, 11) is 1.51. The van der Waals surface area contributed by atoms with E-state index in [0.29, 0.717) is 17.2 Å². The molecular formula is C12H16BrNO3. The molecule has 0 amide bonds. The number of hydrogen-bond donors (Lipinski definition) is 2. The first-order valence-electron chi connectivity index (χ1n) is 5.24. The maximum atomic E-state index is 10.9. The van der Waals surface area contributed by atoms with E-state index in [9.17, 15) is 4.79 Å². The van der Waals surface area contributed by atoms with Crippen LogP contribution in [0.1, 0.15) is 36.9 Å². The molecule has 1 atom stereocenters. The maximum Gasteiger partial charge on any atom is 0.325 e. The Bertz CT molecular complexity index is 432. The summed E-state index contributed by atoms with van der Waals surface area (Å²) in [5.41, 5.74) is 7.14. The van der Waals surface area contributed by atoms with Crippen LogP contribution in [0.2, 0.25) is 0 Å². The van der Waals surface area contributed by atoms with Crippen molar-refractivity contribution in [2.45, 2.75) is 25.8 Å². The molecule has 94 valence electrons. The Hall–Kier alpha value is -1.07. The second kappa shape index (κ2) is 5.51. The molecular weight excluding hydrogens is 286 g/mol. The van der Waals surface area contributed by atoms with E-state index in [1.54, 1.807) is 6.07 Å². The van der Waals surface area contributed by atoms with Gasteiger partial charge in [-0.05, 0) is 23.6 Å². The van der Waals surface area contributed by atoms with Gasteiger partial charge in [-0.25, -0.2) is 0 Å². The van der Waals surface area contributed by atoms with Crippen LogP contribution in [0, 0.1) is 0 Å². The van der Waals surface area contributed by atoms with Gasteiger partial charge in [-0.1, -0.05) is 29.8 Å². The molecule has 0 radical (unpaired) electrons. The van der Waals surface area contributed by atoms with Crippen molar-refractivity contribution in [2.75, 3.05) is 7.11 Å². The number of carboxylic acid groups (broad SMARTS) is 1. The summed E-state index contributed by atoms with van der Waals surface area (Å²) < 4.78 is 6.05. The summed E-state index contributed by atoms with van der Waals surface area (Å²) in [4.78, 5) is 10.9. The van der Waals surface area contributed by atoms with Gasteiger partial charge in [0.1, 0.15) is 11.8 Å². The number of carboxylic acids is 1. The minimum atomic E-state index is -1.08. The molecule has 1 aromatic carbocycles. The SMILES string of the molecule is COc1cc(C(C)C)c(Br)cc1C(N)C(=O)O. The fourth-order valence-electron chi connectivity index (χ4n) is 1.58. The molecule has 1 unspecified atom stereocenters. The van der Waals surface area contributed by atoms with E-state index >= 15 is 0 Å². The molecule has 1 aromatic rings. The van der Waals surface area contributed by atoms with Gasteiger partial charge in [0.15, 0.2) is 0 Å². The molecule has 0 aromatic heterocycles. The van der Waals surface area contributed by atoms with Crippen LogP contribution in [-0.2, 0) is 4.79 Å². The smallest absolute Gasteiger partial charge is 0.325 e. The molecule has 0 heterocycles. The normalized spacial score (nSPS) is 12.6. The van der Waals surface area contributed by atoms with Crippen LogP contribution in [0.25, 0.3) is 0 Å². The third-order valence-electron chi connectivity index (χ3n) is 2.57. The largest absolute Gasteiger partial charge is 0.496 e. The quantitative estimate of drug-likeness (QED) is 0.897. The number of nitrogens with two attached hydrogens (primary N) is 1. The highest BCUT2D eigenvalue weighted by Crippen LogP contribution is 2.34. The van der Waals surface area contributed by atoms with Crippen LogP contribution in [0.4, 0.5) is 0 Å². The fraction of sp³-hybridized carbons (Fsp3) is 0.417. The summed E-state index contributed by atoms with van der Waals surface area (Å²) in [5.74, 6) is -0.257. The van der Waals surface area contributed by atoms with Gasteiger partial charge in [0, 0.05) is 10.0 Å². The second-order valence-electron chi connectivity index (χ2n) is 4.09. The van der Waals surface area contributed by atoms with Crippen LogP contribution in [0.5, 0.6) is 5.75 Å². The van der Waals surface area contributed by atoms with Crippen molar-refractivity contribution in [1.82, 2.24) is 0 Å². The molecule has 4 nitrogen and oxygen atoms in total. The number of halogens is 1. The van der Waals surface area contributed by atoms with Crippen LogP contribution in [0.15, 0.2) is 16.6 Å². The maximum absolute atomic E-state index is 10.9. The van der Waals surface area contributed by atoms with Crippen molar-refractivity contribution < 1.29 is 14.6 Å². The summed E-state index contributed by atoms with van der Waals surface area (Å²) in [6, 6.07) is 2.46. The number of ether oxygens (including phenoxy) is 1. The van der Waals surface area contributed by atoms with E-state index in [0.717, 1.165) is 10.0 Å². The van der Waals surface area contributed by atoms with Crippen LogP contribution < -0.4 is 10.5 Å². The minimum absolute atomic E-state index is 0.313. The van der Waals surface area contributed by atoms with Gasteiger partial charge in [0.25, 0.3) is 0 Å². The van der Waals surface area contributed by atoms with Gasteiger partial charge in [0.2, 0.25) is 0 Å². The zero-order valence-corrected chi connectivity index (χ0v) is 11.6. The Kier molecular flexibility index (Phi) is 4.54. The standard InChI is InChI=1S/C12H16BrNO3/c1-6(2)7-5-10(17-3)8(4-9(7)13)11(14)12(15)16/h4-6,11H,14H2,1-3H3,(H,15,16). The summed E-state index contributed by atoms with van der Waals surface area (Å²) in [6.07, 6.45) is 0. The van der Waals surface area contributed by atoms with Crippen molar-refractivity contribution in [1.29, 1.82) is 0 Å².